The predicted molar refractivity (Wildman–Crippen MR) is 67.6 cm³/mol. The fourth-order valence-electron chi connectivity index (χ4n) is 1.59. The summed E-state index contributed by atoms with van der Waals surface area (Å²) < 4.78 is 5.55. The van der Waals surface area contributed by atoms with Crippen molar-refractivity contribution in [2.45, 2.75) is 19.8 Å². The van der Waals surface area contributed by atoms with Gasteiger partial charge in [-0.3, -0.25) is 0 Å². The summed E-state index contributed by atoms with van der Waals surface area (Å²) in [5, 5.41) is 3.33. The van der Waals surface area contributed by atoms with Gasteiger partial charge in [0.2, 0.25) is 0 Å². The smallest absolute Gasteiger partial charge is 0.0639 e. The average Bonchev–Trinajstić information content (AvgIpc) is 3.07. The van der Waals surface area contributed by atoms with E-state index in [-0.39, 0.29) is 0 Å². The van der Waals surface area contributed by atoms with Crippen LogP contribution in [0.1, 0.15) is 18.4 Å². The van der Waals surface area contributed by atoms with Crippen molar-refractivity contribution in [3.8, 4) is 0 Å². The summed E-state index contributed by atoms with van der Waals surface area (Å²) in [6.45, 7) is 4.59. The summed E-state index contributed by atoms with van der Waals surface area (Å²) in [5.41, 5.74) is 8.82. The Kier molecular flexibility index (Phi) is 3.67. The van der Waals surface area contributed by atoms with Crippen LogP contribution < -0.4 is 11.1 Å². The average molecular weight is 220 g/mol. The van der Waals surface area contributed by atoms with Crippen molar-refractivity contribution < 1.29 is 4.74 Å². The number of nitrogens with one attached hydrogen (secondary N) is 1. The molecule has 0 heterocycles. The van der Waals surface area contributed by atoms with E-state index < -0.39 is 0 Å². The Labute approximate surface area is 97.0 Å². The highest BCUT2D eigenvalue weighted by Crippen LogP contribution is 2.28. The van der Waals surface area contributed by atoms with Gasteiger partial charge in [-0.2, -0.15) is 0 Å². The molecule has 3 heteroatoms. The molecule has 2 rings (SSSR count). The summed E-state index contributed by atoms with van der Waals surface area (Å²) in [6.07, 6.45) is 2.70. The van der Waals surface area contributed by atoms with Gasteiger partial charge in [-0.1, -0.05) is 0 Å². The molecule has 3 nitrogen and oxygen atoms in total. The Morgan fingerprint density at radius 3 is 2.94 bits per heavy atom. The molecule has 1 saturated carbocycles. The van der Waals surface area contributed by atoms with E-state index in [4.69, 9.17) is 10.5 Å². The number of nitrogens with two attached hydrogens (primary N) is 1. The van der Waals surface area contributed by atoms with E-state index >= 15 is 0 Å². The number of benzene rings is 1. The van der Waals surface area contributed by atoms with Crippen molar-refractivity contribution in [3.05, 3.63) is 23.8 Å². The number of anilines is 2. The quantitative estimate of drug-likeness (QED) is 0.571. The van der Waals surface area contributed by atoms with Gasteiger partial charge >= 0.3 is 0 Å². The standard InChI is InChI=1S/C13H20N2O/c1-10-8-12(4-5-13(10)14)15-6-7-16-9-11-2-3-11/h4-5,8,11,15H,2-3,6-7,9,14H2,1H3. The van der Waals surface area contributed by atoms with E-state index in [1.54, 1.807) is 0 Å². The molecule has 0 saturated heterocycles. The van der Waals surface area contributed by atoms with Gasteiger partial charge in [0.25, 0.3) is 0 Å². The minimum Gasteiger partial charge on any atom is -0.399 e. The minimum absolute atomic E-state index is 0.778. The molecular weight excluding hydrogens is 200 g/mol. The lowest BCUT2D eigenvalue weighted by atomic mass is 10.2. The molecule has 0 unspecified atom stereocenters. The molecule has 0 aliphatic heterocycles. The first-order valence-electron chi connectivity index (χ1n) is 5.93. The van der Waals surface area contributed by atoms with Gasteiger partial charge in [-0.05, 0) is 49.4 Å². The van der Waals surface area contributed by atoms with Gasteiger partial charge in [-0.15, -0.1) is 0 Å². The van der Waals surface area contributed by atoms with Gasteiger partial charge in [0.15, 0.2) is 0 Å². The Bertz CT molecular complexity index is 348. The van der Waals surface area contributed by atoms with Crippen molar-refractivity contribution in [2.24, 2.45) is 5.92 Å². The molecule has 0 aromatic heterocycles. The molecular formula is C13H20N2O. The number of hydrogen-bond donors (Lipinski definition) is 2. The van der Waals surface area contributed by atoms with Crippen LogP contribution in [0.3, 0.4) is 0 Å². The van der Waals surface area contributed by atoms with E-state index in [9.17, 15) is 0 Å². The molecule has 1 fully saturated rings. The van der Waals surface area contributed by atoms with Crippen molar-refractivity contribution in [1.82, 2.24) is 0 Å². The first kappa shape index (κ1) is 11.3. The van der Waals surface area contributed by atoms with Crippen molar-refractivity contribution in [3.63, 3.8) is 0 Å². The van der Waals surface area contributed by atoms with E-state index in [0.717, 1.165) is 42.6 Å². The molecule has 3 N–H and O–H groups in total. The van der Waals surface area contributed by atoms with Gasteiger partial charge in [0.1, 0.15) is 0 Å². The van der Waals surface area contributed by atoms with Crippen LogP contribution in [0.15, 0.2) is 18.2 Å². The van der Waals surface area contributed by atoms with Gasteiger partial charge < -0.3 is 15.8 Å². The maximum absolute atomic E-state index is 5.75. The lowest BCUT2D eigenvalue weighted by molar-refractivity contribution is 0.134. The Hall–Kier alpha value is -1.22. The largest absolute Gasteiger partial charge is 0.399 e. The van der Waals surface area contributed by atoms with Crippen LogP contribution in [-0.4, -0.2) is 19.8 Å². The number of rotatable bonds is 6. The lowest BCUT2D eigenvalue weighted by Gasteiger charge is -2.08. The molecule has 16 heavy (non-hydrogen) atoms. The molecule has 0 radical (unpaired) electrons. The fourth-order valence-corrected chi connectivity index (χ4v) is 1.59. The highest BCUT2D eigenvalue weighted by Gasteiger charge is 2.20. The van der Waals surface area contributed by atoms with E-state index in [1.807, 2.05) is 19.1 Å². The monoisotopic (exact) mass is 220 g/mol. The summed E-state index contributed by atoms with van der Waals surface area (Å²) in [5.74, 6) is 0.846. The fraction of sp³-hybridized carbons (Fsp3) is 0.538. The van der Waals surface area contributed by atoms with Gasteiger partial charge in [0, 0.05) is 24.5 Å². The third-order valence-electron chi connectivity index (χ3n) is 2.90. The normalized spacial score (nSPS) is 15.1. The van der Waals surface area contributed by atoms with E-state index in [1.165, 1.54) is 12.8 Å². The summed E-state index contributed by atoms with van der Waals surface area (Å²) >= 11 is 0. The highest BCUT2D eigenvalue weighted by atomic mass is 16.5. The second-order valence-electron chi connectivity index (χ2n) is 4.52. The Morgan fingerprint density at radius 2 is 2.25 bits per heavy atom. The maximum Gasteiger partial charge on any atom is 0.0639 e. The third-order valence-corrected chi connectivity index (χ3v) is 2.90. The predicted octanol–water partition coefficient (Wildman–Crippen LogP) is 2.42. The molecule has 0 spiro atoms. The molecule has 0 atom stereocenters. The topological polar surface area (TPSA) is 47.3 Å². The summed E-state index contributed by atoms with van der Waals surface area (Å²) in [4.78, 5) is 0. The Morgan fingerprint density at radius 1 is 1.44 bits per heavy atom. The van der Waals surface area contributed by atoms with Gasteiger partial charge in [0.05, 0.1) is 6.61 Å². The third kappa shape index (κ3) is 3.42. The zero-order valence-corrected chi connectivity index (χ0v) is 9.83. The zero-order chi connectivity index (χ0) is 11.4. The lowest BCUT2D eigenvalue weighted by Crippen LogP contribution is -2.10. The second-order valence-corrected chi connectivity index (χ2v) is 4.52. The molecule has 1 aliphatic rings. The molecule has 88 valence electrons. The van der Waals surface area contributed by atoms with Crippen LogP contribution in [0, 0.1) is 12.8 Å². The molecule has 0 amide bonds. The SMILES string of the molecule is Cc1cc(NCCOCC2CC2)ccc1N. The van der Waals surface area contributed by atoms with Crippen LogP contribution in [-0.2, 0) is 4.74 Å². The Balaban J connectivity index is 1.65. The molecule has 0 bridgehead atoms. The van der Waals surface area contributed by atoms with Gasteiger partial charge in [-0.25, -0.2) is 0 Å². The van der Waals surface area contributed by atoms with Crippen LogP contribution in [0.4, 0.5) is 11.4 Å². The maximum atomic E-state index is 5.75. The first-order chi connectivity index (χ1) is 7.75. The highest BCUT2D eigenvalue weighted by molar-refractivity contribution is 5.56. The molecule has 1 aromatic rings. The van der Waals surface area contributed by atoms with Crippen molar-refractivity contribution in [1.29, 1.82) is 0 Å². The molecule has 1 aliphatic carbocycles. The van der Waals surface area contributed by atoms with Crippen LogP contribution in [0.25, 0.3) is 0 Å². The van der Waals surface area contributed by atoms with Crippen molar-refractivity contribution in [2.75, 3.05) is 30.8 Å². The number of ether oxygens (including phenoxy) is 1. The summed E-state index contributed by atoms with van der Waals surface area (Å²) in [7, 11) is 0. The van der Waals surface area contributed by atoms with E-state index in [2.05, 4.69) is 11.4 Å². The summed E-state index contributed by atoms with van der Waals surface area (Å²) in [6, 6.07) is 6.00. The van der Waals surface area contributed by atoms with Crippen LogP contribution in [0.2, 0.25) is 0 Å². The molecule has 1 aromatic carbocycles. The van der Waals surface area contributed by atoms with Crippen LogP contribution >= 0.6 is 0 Å². The van der Waals surface area contributed by atoms with Crippen LogP contribution in [0.5, 0.6) is 0 Å². The number of nitrogen functional groups attached to an aromatic ring is 1. The van der Waals surface area contributed by atoms with E-state index in [0.29, 0.717) is 0 Å². The number of aryl methyl sites for hydroxylation is 1. The number of hydrogen-bond acceptors (Lipinski definition) is 3. The zero-order valence-electron chi connectivity index (χ0n) is 9.83. The van der Waals surface area contributed by atoms with Crippen molar-refractivity contribution >= 4 is 11.4 Å². The second kappa shape index (κ2) is 5.21. The minimum atomic E-state index is 0.778. The first-order valence-corrected chi connectivity index (χ1v) is 5.93.